The minimum absolute atomic E-state index is 0. The van der Waals surface area contributed by atoms with Crippen molar-refractivity contribution >= 4 is 46.0 Å². The van der Waals surface area contributed by atoms with Gasteiger partial charge in [0.25, 0.3) is 5.91 Å². The van der Waals surface area contributed by atoms with Gasteiger partial charge in [0.05, 0.1) is 4.90 Å². The summed E-state index contributed by atoms with van der Waals surface area (Å²) >= 11 is 1.39. The van der Waals surface area contributed by atoms with Crippen molar-refractivity contribution in [3.8, 4) is 17.6 Å². The molecule has 2 heterocycles. The van der Waals surface area contributed by atoms with Crippen LogP contribution < -0.4 is 10.2 Å². The molecule has 2 aliphatic heterocycles. The number of ether oxygens (including phenoxy) is 1. The fourth-order valence-corrected chi connectivity index (χ4v) is 8.06. The predicted octanol–water partition coefficient (Wildman–Crippen LogP) is 1.43. The number of carbonyl (C=O) groups excluding carboxylic acids is 2. The van der Waals surface area contributed by atoms with E-state index in [9.17, 15) is 23.2 Å². The molecule has 2 N–H and O–H groups in total. The summed E-state index contributed by atoms with van der Waals surface area (Å²) in [4.78, 5) is 29.6. The summed E-state index contributed by atoms with van der Waals surface area (Å²) in [5.74, 6) is 5.10. The number of halogens is 1. The highest BCUT2D eigenvalue weighted by Gasteiger charge is 2.51. The number of sulfonamides is 1. The van der Waals surface area contributed by atoms with E-state index in [2.05, 4.69) is 16.7 Å². The van der Waals surface area contributed by atoms with Gasteiger partial charge in [-0.3, -0.25) is 14.8 Å². The fourth-order valence-electron chi connectivity index (χ4n) is 4.45. The van der Waals surface area contributed by atoms with E-state index in [-0.39, 0.29) is 48.0 Å². The molecule has 206 valence electrons. The Bertz CT molecular complexity index is 1110. The number of hydroxylamine groups is 1. The van der Waals surface area contributed by atoms with Crippen molar-refractivity contribution in [1.29, 1.82) is 0 Å². The van der Waals surface area contributed by atoms with E-state index in [4.69, 9.17) is 4.74 Å². The van der Waals surface area contributed by atoms with E-state index < -0.39 is 26.7 Å². The summed E-state index contributed by atoms with van der Waals surface area (Å²) in [5.41, 5.74) is 1.62. The third-order valence-corrected chi connectivity index (χ3v) is 9.66. The zero-order valence-electron chi connectivity index (χ0n) is 21.5. The van der Waals surface area contributed by atoms with Crippen LogP contribution in [0.2, 0.25) is 0 Å². The quantitative estimate of drug-likeness (QED) is 0.285. The van der Waals surface area contributed by atoms with Crippen LogP contribution in [-0.2, 0) is 19.6 Å². The predicted molar refractivity (Wildman–Crippen MR) is 144 cm³/mol. The first-order valence-electron chi connectivity index (χ1n) is 11.7. The third kappa shape index (κ3) is 7.52. The molecular weight excluding hydrogens is 540 g/mol. The smallest absolute Gasteiger partial charge is 0.263 e. The molecule has 2 saturated heterocycles. The molecule has 2 fully saturated rings. The molecule has 0 unspecified atom stereocenters. The minimum atomic E-state index is -4.15. The fraction of sp³-hybridized carbons (Fsp3) is 0.583. The molecule has 1 aromatic rings. The number of benzene rings is 1. The number of rotatable bonds is 7. The highest BCUT2D eigenvalue weighted by atomic mass is 35.5. The zero-order chi connectivity index (χ0) is 26.5. The monoisotopic (exact) mass is 574 g/mol. The first kappa shape index (κ1) is 31.2. The second-order valence-corrected chi connectivity index (χ2v) is 13.2. The summed E-state index contributed by atoms with van der Waals surface area (Å²) in [6, 6.07) is 4.71. The van der Waals surface area contributed by atoms with E-state index in [0.717, 1.165) is 17.4 Å². The van der Waals surface area contributed by atoms with Crippen molar-refractivity contribution in [2.45, 2.75) is 48.1 Å². The van der Waals surface area contributed by atoms with E-state index in [0.29, 0.717) is 18.8 Å². The van der Waals surface area contributed by atoms with Gasteiger partial charge in [-0.1, -0.05) is 5.92 Å². The standard InChI is InChI=1S/C24H34N4O6S2.ClH/c1-5-6-15-34-18-7-9-20(10-8-18)36(32,33)28-17-19(35-24(2,3)22(28)23(30)25-31)16-21(29)27-13-11-26(4)12-14-27;/h7-10,19,22,31H,11-17H2,1-4H3,(H,25,30);1H/t19-,22-;/m0./s1. The van der Waals surface area contributed by atoms with Gasteiger partial charge in [0.2, 0.25) is 15.9 Å². The maximum atomic E-state index is 13.7. The van der Waals surface area contributed by atoms with Crippen LogP contribution in [0.15, 0.2) is 29.2 Å². The topological polar surface area (TPSA) is 119 Å². The molecule has 2 aliphatic rings. The summed E-state index contributed by atoms with van der Waals surface area (Å²) in [6.45, 7) is 8.18. The largest absolute Gasteiger partial charge is 0.481 e. The Kier molecular flexibility index (Phi) is 11.1. The average Bonchev–Trinajstić information content (AvgIpc) is 2.83. The molecule has 1 aromatic carbocycles. The van der Waals surface area contributed by atoms with Crippen molar-refractivity contribution < 1.29 is 28.0 Å². The molecule has 0 radical (unpaired) electrons. The molecule has 0 saturated carbocycles. The van der Waals surface area contributed by atoms with Crippen molar-refractivity contribution in [2.24, 2.45) is 0 Å². The number of nitrogens with zero attached hydrogens (tertiary/aromatic N) is 3. The normalized spacial score (nSPS) is 22.2. The highest BCUT2D eigenvalue weighted by Crippen LogP contribution is 2.43. The molecule has 2 atom stereocenters. The molecule has 0 bridgehead atoms. The van der Waals surface area contributed by atoms with Crippen LogP contribution in [0, 0.1) is 11.8 Å². The number of likely N-dealkylation sites (N-methyl/N-ethyl adjacent to an activating group) is 1. The van der Waals surface area contributed by atoms with Gasteiger partial charge in [-0.05, 0) is 52.1 Å². The van der Waals surface area contributed by atoms with Crippen LogP contribution in [0.5, 0.6) is 5.75 Å². The third-order valence-electron chi connectivity index (χ3n) is 6.34. The molecule has 0 aromatic heterocycles. The molecule has 13 heteroatoms. The summed E-state index contributed by atoms with van der Waals surface area (Å²) in [5, 5.41) is 9.03. The SMILES string of the molecule is CC#CCOc1ccc(S(=O)(=O)N2C[C@H](CC(=O)N3CCN(C)CC3)SC(C)(C)[C@@H]2C(=O)NO)cc1.Cl. The number of thioether (sulfide) groups is 1. The van der Waals surface area contributed by atoms with Crippen LogP contribution in [0.4, 0.5) is 0 Å². The molecule has 2 amide bonds. The molecule has 3 rings (SSSR count). The average molecular weight is 575 g/mol. The number of nitrogens with one attached hydrogen (secondary N) is 1. The minimum Gasteiger partial charge on any atom is -0.481 e. The van der Waals surface area contributed by atoms with Gasteiger partial charge < -0.3 is 14.5 Å². The first-order chi connectivity index (χ1) is 17.0. The van der Waals surface area contributed by atoms with E-state index >= 15 is 0 Å². The van der Waals surface area contributed by atoms with Gasteiger partial charge in [0, 0.05) is 49.1 Å². The maximum absolute atomic E-state index is 13.7. The van der Waals surface area contributed by atoms with Crippen LogP contribution in [0.1, 0.15) is 27.2 Å². The number of piperazine rings is 1. The lowest BCUT2D eigenvalue weighted by Crippen LogP contribution is -2.63. The van der Waals surface area contributed by atoms with Gasteiger partial charge in [0.15, 0.2) is 0 Å². The van der Waals surface area contributed by atoms with Gasteiger partial charge in [-0.15, -0.1) is 30.1 Å². The number of carbonyl (C=O) groups is 2. The van der Waals surface area contributed by atoms with Gasteiger partial charge >= 0.3 is 0 Å². The Morgan fingerprint density at radius 1 is 1.19 bits per heavy atom. The van der Waals surface area contributed by atoms with Gasteiger partial charge in [-0.2, -0.15) is 4.31 Å². The molecule has 10 nitrogen and oxygen atoms in total. The molecule has 0 aliphatic carbocycles. The van der Waals surface area contributed by atoms with Crippen molar-refractivity contribution in [3.63, 3.8) is 0 Å². The Morgan fingerprint density at radius 3 is 2.38 bits per heavy atom. The summed E-state index contributed by atoms with van der Waals surface area (Å²) < 4.78 is 33.1. The van der Waals surface area contributed by atoms with E-state index in [1.165, 1.54) is 36.0 Å². The lowest BCUT2D eigenvalue weighted by molar-refractivity contribution is -0.134. The van der Waals surface area contributed by atoms with Gasteiger partial charge in [-0.25, -0.2) is 13.9 Å². The summed E-state index contributed by atoms with van der Waals surface area (Å²) in [6.07, 6.45) is 0.155. The Balaban J connectivity index is 0.00000481. The maximum Gasteiger partial charge on any atom is 0.263 e. The van der Waals surface area contributed by atoms with Crippen molar-refractivity contribution in [1.82, 2.24) is 19.6 Å². The van der Waals surface area contributed by atoms with E-state index in [1.54, 1.807) is 31.2 Å². The van der Waals surface area contributed by atoms with Crippen molar-refractivity contribution in [2.75, 3.05) is 46.4 Å². The lowest BCUT2D eigenvalue weighted by Gasteiger charge is -2.47. The molecule has 0 spiro atoms. The highest BCUT2D eigenvalue weighted by molar-refractivity contribution is 8.01. The van der Waals surface area contributed by atoms with Crippen LogP contribution in [0.3, 0.4) is 0 Å². The Labute approximate surface area is 229 Å². The van der Waals surface area contributed by atoms with Crippen LogP contribution in [0.25, 0.3) is 0 Å². The van der Waals surface area contributed by atoms with Gasteiger partial charge in [0.1, 0.15) is 18.4 Å². The van der Waals surface area contributed by atoms with Crippen LogP contribution in [-0.4, -0.2) is 102 Å². The summed E-state index contributed by atoms with van der Waals surface area (Å²) in [7, 11) is -2.14. The molecular formula is C24H35ClN4O6S2. The first-order valence-corrected chi connectivity index (χ1v) is 14.0. The number of amides is 2. The number of hydrogen-bond donors (Lipinski definition) is 2. The molecule has 37 heavy (non-hydrogen) atoms. The second kappa shape index (κ2) is 13.2. The second-order valence-electron chi connectivity index (χ2n) is 9.37. The lowest BCUT2D eigenvalue weighted by atomic mass is 10.0. The zero-order valence-corrected chi connectivity index (χ0v) is 23.9. The van der Waals surface area contributed by atoms with Crippen LogP contribution >= 0.6 is 24.2 Å². The Morgan fingerprint density at radius 2 is 1.81 bits per heavy atom. The Hall–Kier alpha value is -2.01. The number of hydrogen-bond acceptors (Lipinski definition) is 8. The van der Waals surface area contributed by atoms with Crippen molar-refractivity contribution in [3.05, 3.63) is 24.3 Å². The van der Waals surface area contributed by atoms with E-state index in [1.807, 2.05) is 7.05 Å².